The molecule has 0 aromatic heterocycles. The Morgan fingerprint density at radius 2 is 1.85 bits per heavy atom. The maximum absolute atomic E-state index is 12.2. The second-order valence-corrected chi connectivity index (χ2v) is 7.90. The van der Waals surface area contributed by atoms with E-state index in [0.717, 1.165) is 18.1 Å². The number of hydrogen-bond acceptors (Lipinski definition) is 2. The van der Waals surface area contributed by atoms with Crippen molar-refractivity contribution in [3.63, 3.8) is 0 Å². The van der Waals surface area contributed by atoms with Crippen LogP contribution in [0.4, 0.5) is 0 Å². The van der Waals surface area contributed by atoms with Crippen molar-refractivity contribution in [3.05, 3.63) is 70.8 Å². The minimum atomic E-state index is -0.883. The summed E-state index contributed by atoms with van der Waals surface area (Å²) < 4.78 is 12.2. The van der Waals surface area contributed by atoms with E-state index in [1.807, 2.05) is 37.3 Å². The molecule has 0 spiro atoms. The first-order valence-electron chi connectivity index (χ1n) is 9.05. The number of benzene rings is 2. The molecular formula is C21H29N3OS. The van der Waals surface area contributed by atoms with Crippen LogP contribution in [0.2, 0.25) is 0 Å². The Kier molecular flexibility index (Phi) is 8.35. The number of guanidine groups is 1. The summed E-state index contributed by atoms with van der Waals surface area (Å²) in [4.78, 5) is 4.65. The molecule has 26 heavy (non-hydrogen) atoms. The average molecular weight is 372 g/mol. The molecule has 1 atom stereocenters. The summed E-state index contributed by atoms with van der Waals surface area (Å²) in [6, 6.07) is 16.4. The summed E-state index contributed by atoms with van der Waals surface area (Å²) in [5.74, 6) is 1.96. The van der Waals surface area contributed by atoms with E-state index in [4.69, 9.17) is 0 Å². The molecule has 2 N–H and O–H groups in total. The minimum Gasteiger partial charge on any atom is -0.357 e. The predicted molar refractivity (Wildman–Crippen MR) is 112 cm³/mol. The highest BCUT2D eigenvalue weighted by Crippen LogP contribution is 2.11. The van der Waals surface area contributed by atoms with E-state index in [1.54, 1.807) is 0 Å². The van der Waals surface area contributed by atoms with Gasteiger partial charge in [-0.1, -0.05) is 54.1 Å². The zero-order valence-electron chi connectivity index (χ0n) is 15.9. The van der Waals surface area contributed by atoms with Gasteiger partial charge in [-0.05, 0) is 37.5 Å². The molecule has 0 aliphatic carbocycles. The molecular weight excluding hydrogens is 342 g/mol. The van der Waals surface area contributed by atoms with Gasteiger partial charge >= 0.3 is 0 Å². The van der Waals surface area contributed by atoms with Crippen LogP contribution < -0.4 is 10.6 Å². The minimum absolute atomic E-state index is 0.596. The van der Waals surface area contributed by atoms with E-state index in [9.17, 15) is 4.21 Å². The SMILES string of the molecule is CCNC(=NCc1ccc(C)cc1C)NCCS(=O)Cc1ccccc1. The summed E-state index contributed by atoms with van der Waals surface area (Å²) in [6.07, 6.45) is 0. The standard InChI is InChI=1S/C21H29N3OS/c1-4-22-21(24-15-20-11-10-17(2)14-18(20)3)23-12-13-26(25)16-19-8-6-5-7-9-19/h5-11,14H,4,12-13,15-16H2,1-3H3,(H2,22,23,24). The average Bonchev–Trinajstić information content (AvgIpc) is 2.61. The number of aliphatic imine (C=N–C) groups is 1. The molecule has 0 radical (unpaired) electrons. The summed E-state index contributed by atoms with van der Waals surface area (Å²) in [7, 11) is -0.883. The van der Waals surface area contributed by atoms with Gasteiger partial charge in [0.15, 0.2) is 5.96 Å². The first-order chi connectivity index (χ1) is 12.6. The van der Waals surface area contributed by atoms with Crippen molar-refractivity contribution >= 4 is 16.8 Å². The summed E-state index contributed by atoms with van der Waals surface area (Å²) in [5, 5.41) is 6.53. The quantitative estimate of drug-likeness (QED) is 0.553. The van der Waals surface area contributed by atoms with Gasteiger partial charge in [-0.2, -0.15) is 0 Å². The van der Waals surface area contributed by atoms with Crippen LogP contribution in [0.1, 0.15) is 29.2 Å². The van der Waals surface area contributed by atoms with E-state index in [-0.39, 0.29) is 0 Å². The molecule has 2 rings (SSSR count). The van der Waals surface area contributed by atoms with Gasteiger partial charge in [0.05, 0.1) is 6.54 Å². The molecule has 0 saturated heterocycles. The monoisotopic (exact) mass is 371 g/mol. The Morgan fingerprint density at radius 1 is 1.08 bits per heavy atom. The largest absolute Gasteiger partial charge is 0.357 e. The van der Waals surface area contributed by atoms with Crippen molar-refractivity contribution in [2.24, 2.45) is 4.99 Å². The number of aryl methyl sites for hydroxylation is 2. The van der Waals surface area contributed by atoms with Crippen molar-refractivity contribution in [2.45, 2.75) is 33.1 Å². The fourth-order valence-corrected chi connectivity index (χ4v) is 3.68. The van der Waals surface area contributed by atoms with Gasteiger partial charge in [0.25, 0.3) is 0 Å². The zero-order valence-corrected chi connectivity index (χ0v) is 16.7. The smallest absolute Gasteiger partial charge is 0.191 e. The first-order valence-corrected chi connectivity index (χ1v) is 10.5. The third kappa shape index (κ3) is 7.00. The zero-order chi connectivity index (χ0) is 18.8. The molecule has 4 nitrogen and oxygen atoms in total. The van der Waals surface area contributed by atoms with Crippen LogP contribution >= 0.6 is 0 Å². The lowest BCUT2D eigenvalue weighted by Gasteiger charge is -2.12. The number of hydrogen-bond donors (Lipinski definition) is 2. The Balaban J connectivity index is 1.84. The number of nitrogens with one attached hydrogen (secondary N) is 2. The van der Waals surface area contributed by atoms with Crippen molar-refractivity contribution in [2.75, 3.05) is 18.8 Å². The number of nitrogens with zero attached hydrogens (tertiary/aromatic N) is 1. The van der Waals surface area contributed by atoms with Gasteiger partial charge in [-0.3, -0.25) is 4.21 Å². The van der Waals surface area contributed by atoms with Gasteiger partial charge in [0.2, 0.25) is 0 Å². The van der Waals surface area contributed by atoms with E-state index in [0.29, 0.717) is 24.6 Å². The molecule has 2 aromatic rings. The molecule has 0 fully saturated rings. The summed E-state index contributed by atoms with van der Waals surface area (Å²) >= 11 is 0. The Hall–Kier alpha value is -2.14. The second-order valence-electron chi connectivity index (χ2n) is 6.33. The van der Waals surface area contributed by atoms with Crippen LogP contribution in [0.5, 0.6) is 0 Å². The molecule has 5 heteroatoms. The van der Waals surface area contributed by atoms with E-state index < -0.39 is 10.8 Å². The highest BCUT2D eigenvalue weighted by molar-refractivity contribution is 7.84. The predicted octanol–water partition coefficient (Wildman–Crippen LogP) is 3.31. The second kappa shape index (κ2) is 10.8. The topological polar surface area (TPSA) is 53.5 Å². The molecule has 0 heterocycles. The van der Waals surface area contributed by atoms with Crippen LogP contribution in [-0.2, 0) is 23.1 Å². The van der Waals surface area contributed by atoms with Gasteiger partial charge < -0.3 is 10.6 Å². The summed E-state index contributed by atoms with van der Waals surface area (Å²) in [5.41, 5.74) is 4.86. The third-order valence-electron chi connectivity index (χ3n) is 4.04. The van der Waals surface area contributed by atoms with Crippen LogP contribution in [0, 0.1) is 13.8 Å². The highest BCUT2D eigenvalue weighted by Gasteiger charge is 2.04. The summed E-state index contributed by atoms with van der Waals surface area (Å²) in [6.45, 7) is 8.33. The Bertz CT molecular complexity index is 744. The number of rotatable bonds is 8. The Morgan fingerprint density at radius 3 is 2.54 bits per heavy atom. The van der Waals surface area contributed by atoms with Crippen LogP contribution in [0.25, 0.3) is 0 Å². The van der Waals surface area contributed by atoms with Crippen molar-refractivity contribution in [3.8, 4) is 0 Å². The maximum atomic E-state index is 12.2. The molecule has 0 aliphatic heterocycles. The van der Waals surface area contributed by atoms with Crippen LogP contribution in [-0.4, -0.2) is 29.0 Å². The van der Waals surface area contributed by atoms with E-state index >= 15 is 0 Å². The lowest BCUT2D eigenvalue weighted by Crippen LogP contribution is -2.39. The van der Waals surface area contributed by atoms with Gasteiger partial charge in [-0.25, -0.2) is 4.99 Å². The highest BCUT2D eigenvalue weighted by atomic mass is 32.2. The van der Waals surface area contributed by atoms with Crippen LogP contribution in [0.15, 0.2) is 53.5 Å². The fourth-order valence-electron chi connectivity index (χ4n) is 2.64. The van der Waals surface area contributed by atoms with E-state index in [2.05, 4.69) is 47.7 Å². The van der Waals surface area contributed by atoms with Crippen molar-refractivity contribution < 1.29 is 4.21 Å². The molecule has 1 unspecified atom stereocenters. The fraction of sp³-hybridized carbons (Fsp3) is 0.381. The maximum Gasteiger partial charge on any atom is 0.191 e. The molecule has 2 aromatic carbocycles. The molecule has 0 aliphatic rings. The third-order valence-corrected chi connectivity index (χ3v) is 5.36. The van der Waals surface area contributed by atoms with Crippen LogP contribution in [0.3, 0.4) is 0 Å². The van der Waals surface area contributed by atoms with E-state index in [1.165, 1.54) is 16.7 Å². The Labute approximate surface area is 159 Å². The van der Waals surface area contributed by atoms with Gasteiger partial charge in [0, 0.05) is 35.4 Å². The van der Waals surface area contributed by atoms with Gasteiger partial charge in [0.1, 0.15) is 0 Å². The normalized spacial score (nSPS) is 12.7. The lowest BCUT2D eigenvalue weighted by molar-refractivity contribution is 0.680. The lowest BCUT2D eigenvalue weighted by atomic mass is 10.1. The first kappa shape index (κ1) is 20.2. The van der Waals surface area contributed by atoms with Gasteiger partial charge in [-0.15, -0.1) is 0 Å². The molecule has 0 bridgehead atoms. The van der Waals surface area contributed by atoms with Crippen molar-refractivity contribution in [1.29, 1.82) is 0 Å². The molecule has 0 saturated carbocycles. The molecule has 0 amide bonds. The molecule has 140 valence electrons. The van der Waals surface area contributed by atoms with Crippen molar-refractivity contribution in [1.82, 2.24) is 10.6 Å².